The van der Waals surface area contributed by atoms with Crippen molar-refractivity contribution >= 4 is 11.9 Å². The number of hydrogen-bond acceptors (Lipinski definition) is 7. The van der Waals surface area contributed by atoms with Crippen molar-refractivity contribution in [3.05, 3.63) is 59.4 Å². The van der Waals surface area contributed by atoms with Gasteiger partial charge in [-0.05, 0) is 42.2 Å². The molecule has 8 heteroatoms. The van der Waals surface area contributed by atoms with E-state index in [0.29, 0.717) is 41.9 Å². The molecule has 0 radical (unpaired) electrons. The first-order valence-electron chi connectivity index (χ1n) is 9.78. The SMILES string of the molecule is NOC(=O)CCc1ccc(-c2ccc(C(=O)O[C@@H]3COC4CCOC43)cc2)c(F)c1. The predicted molar refractivity (Wildman–Crippen MR) is 104 cm³/mol. The smallest absolute Gasteiger partial charge is 0.338 e. The van der Waals surface area contributed by atoms with E-state index in [1.54, 1.807) is 36.4 Å². The number of hydrogen-bond donors (Lipinski definition) is 1. The van der Waals surface area contributed by atoms with E-state index < -0.39 is 23.9 Å². The zero-order chi connectivity index (χ0) is 21.1. The van der Waals surface area contributed by atoms with Crippen LogP contribution >= 0.6 is 0 Å². The van der Waals surface area contributed by atoms with Crippen LogP contribution < -0.4 is 5.90 Å². The first-order chi connectivity index (χ1) is 14.5. The summed E-state index contributed by atoms with van der Waals surface area (Å²) in [7, 11) is 0. The molecule has 0 amide bonds. The Bertz CT molecular complexity index is 932. The Morgan fingerprint density at radius 1 is 1.13 bits per heavy atom. The van der Waals surface area contributed by atoms with Gasteiger partial charge in [-0.3, -0.25) is 4.79 Å². The molecule has 2 aliphatic rings. The summed E-state index contributed by atoms with van der Waals surface area (Å²) >= 11 is 0. The van der Waals surface area contributed by atoms with Crippen molar-refractivity contribution in [3.63, 3.8) is 0 Å². The molecule has 158 valence electrons. The number of carbonyl (C=O) groups excluding carboxylic acids is 2. The second-order valence-electron chi connectivity index (χ2n) is 7.32. The molecule has 7 nitrogen and oxygen atoms in total. The lowest BCUT2D eigenvalue weighted by Gasteiger charge is -2.16. The molecule has 0 spiro atoms. The molecule has 2 heterocycles. The van der Waals surface area contributed by atoms with Crippen molar-refractivity contribution < 1.29 is 33.0 Å². The van der Waals surface area contributed by atoms with Crippen LogP contribution in [0.1, 0.15) is 28.8 Å². The number of halogens is 1. The Balaban J connectivity index is 1.40. The number of rotatable bonds is 6. The monoisotopic (exact) mass is 415 g/mol. The van der Waals surface area contributed by atoms with Crippen LogP contribution in [0, 0.1) is 5.82 Å². The van der Waals surface area contributed by atoms with Crippen molar-refractivity contribution in [1.82, 2.24) is 0 Å². The maximum atomic E-state index is 14.5. The highest BCUT2D eigenvalue weighted by Gasteiger charge is 2.44. The summed E-state index contributed by atoms with van der Waals surface area (Å²) in [5, 5.41) is 0. The summed E-state index contributed by atoms with van der Waals surface area (Å²) in [6.07, 6.45) is 0.601. The molecule has 0 aromatic heterocycles. The lowest BCUT2D eigenvalue weighted by Crippen LogP contribution is -2.32. The largest absolute Gasteiger partial charge is 0.453 e. The van der Waals surface area contributed by atoms with Gasteiger partial charge >= 0.3 is 11.9 Å². The van der Waals surface area contributed by atoms with Gasteiger partial charge in [0.15, 0.2) is 6.10 Å². The number of fused-ring (bicyclic) bond motifs is 1. The molecule has 2 aromatic carbocycles. The maximum absolute atomic E-state index is 14.5. The second kappa shape index (κ2) is 8.91. The summed E-state index contributed by atoms with van der Waals surface area (Å²) in [5.74, 6) is 3.36. The fourth-order valence-electron chi connectivity index (χ4n) is 3.78. The van der Waals surface area contributed by atoms with E-state index >= 15 is 0 Å². The topological polar surface area (TPSA) is 97.1 Å². The molecule has 0 saturated carbocycles. The van der Waals surface area contributed by atoms with E-state index in [9.17, 15) is 14.0 Å². The number of carbonyl (C=O) groups is 2. The van der Waals surface area contributed by atoms with E-state index in [-0.39, 0.29) is 18.6 Å². The summed E-state index contributed by atoms with van der Waals surface area (Å²) in [6.45, 7) is 0.944. The molecule has 2 aromatic rings. The third kappa shape index (κ3) is 4.35. The van der Waals surface area contributed by atoms with Crippen LogP contribution in [0.25, 0.3) is 11.1 Å². The fourth-order valence-corrected chi connectivity index (χ4v) is 3.78. The third-order valence-corrected chi connectivity index (χ3v) is 5.39. The number of ether oxygens (including phenoxy) is 3. The van der Waals surface area contributed by atoms with Crippen LogP contribution in [0.2, 0.25) is 0 Å². The standard InChI is InChI=1S/C22H22FNO6/c23-17-11-13(2-8-20(25)30-24)1-7-16(17)14-3-5-15(6-4-14)22(26)29-19-12-28-18-9-10-27-21(18)19/h1,3-7,11,18-19,21H,2,8-10,12,24H2/t18?,19-,21?/m1/s1. The Morgan fingerprint density at radius 3 is 2.67 bits per heavy atom. The molecule has 2 saturated heterocycles. The summed E-state index contributed by atoms with van der Waals surface area (Å²) in [6, 6.07) is 11.3. The molecular formula is C22H22FNO6. The molecule has 4 rings (SSSR count). The summed E-state index contributed by atoms with van der Waals surface area (Å²) in [5.41, 5.74) is 2.05. The maximum Gasteiger partial charge on any atom is 0.338 e. The Morgan fingerprint density at radius 2 is 1.93 bits per heavy atom. The van der Waals surface area contributed by atoms with Crippen molar-refractivity contribution in [1.29, 1.82) is 0 Å². The summed E-state index contributed by atoms with van der Waals surface area (Å²) < 4.78 is 31.3. The van der Waals surface area contributed by atoms with Crippen LogP contribution in [-0.4, -0.2) is 43.5 Å². The van der Waals surface area contributed by atoms with Crippen LogP contribution in [0.15, 0.2) is 42.5 Å². The van der Waals surface area contributed by atoms with Crippen molar-refractivity contribution in [2.75, 3.05) is 13.2 Å². The summed E-state index contributed by atoms with van der Waals surface area (Å²) in [4.78, 5) is 27.7. The van der Waals surface area contributed by atoms with Gasteiger partial charge < -0.3 is 19.0 Å². The lowest BCUT2D eigenvalue weighted by molar-refractivity contribution is -0.144. The van der Waals surface area contributed by atoms with Gasteiger partial charge in [0.1, 0.15) is 11.9 Å². The first kappa shape index (κ1) is 20.5. The highest BCUT2D eigenvalue weighted by molar-refractivity contribution is 5.90. The molecule has 2 aliphatic heterocycles. The van der Waals surface area contributed by atoms with Gasteiger partial charge in [0, 0.05) is 12.2 Å². The molecule has 30 heavy (non-hydrogen) atoms. The Hall–Kier alpha value is -2.81. The Kier molecular flexibility index (Phi) is 6.08. The van der Waals surface area contributed by atoms with Gasteiger partial charge in [-0.1, -0.05) is 24.3 Å². The van der Waals surface area contributed by atoms with Gasteiger partial charge in [-0.15, -0.1) is 0 Å². The quantitative estimate of drug-likeness (QED) is 0.572. The van der Waals surface area contributed by atoms with Gasteiger partial charge in [-0.25, -0.2) is 9.18 Å². The van der Waals surface area contributed by atoms with E-state index in [1.165, 1.54) is 6.07 Å². The lowest BCUT2D eigenvalue weighted by atomic mass is 10.0. The number of benzene rings is 2. The van der Waals surface area contributed by atoms with Gasteiger partial charge in [0.2, 0.25) is 0 Å². The van der Waals surface area contributed by atoms with E-state index in [2.05, 4.69) is 4.84 Å². The van der Waals surface area contributed by atoms with Crippen molar-refractivity contribution in [3.8, 4) is 11.1 Å². The highest BCUT2D eigenvalue weighted by Crippen LogP contribution is 2.29. The minimum Gasteiger partial charge on any atom is -0.453 e. The molecule has 3 atom stereocenters. The minimum atomic E-state index is -0.554. The van der Waals surface area contributed by atoms with Gasteiger partial charge in [0.05, 0.1) is 24.7 Å². The van der Waals surface area contributed by atoms with Crippen molar-refractivity contribution in [2.45, 2.75) is 37.6 Å². The first-order valence-corrected chi connectivity index (χ1v) is 9.78. The molecule has 2 unspecified atom stereocenters. The fraction of sp³-hybridized carbons (Fsp3) is 0.364. The normalized spacial score (nSPS) is 22.5. The van der Waals surface area contributed by atoms with Gasteiger partial charge in [-0.2, -0.15) is 5.90 Å². The third-order valence-electron chi connectivity index (χ3n) is 5.39. The highest BCUT2D eigenvalue weighted by atomic mass is 19.1. The predicted octanol–water partition coefficient (Wildman–Crippen LogP) is 2.56. The molecule has 0 aliphatic carbocycles. The number of aryl methyl sites for hydroxylation is 1. The minimum absolute atomic E-state index is 0.00271. The van der Waals surface area contributed by atoms with Crippen LogP contribution in [0.5, 0.6) is 0 Å². The van der Waals surface area contributed by atoms with Crippen molar-refractivity contribution in [2.24, 2.45) is 5.90 Å². The molecule has 0 bridgehead atoms. The average Bonchev–Trinajstić information content (AvgIpc) is 3.37. The molecule has 2 fully saturated rings. The van der Waals surface area contributed by atoms with E-state index in [1.807, 2.05) is 0 Å². The second-order valence-corrected chi connectivity index (χ2v) is 7.32. The van der Waals surface area contributed by atoms with Crippen LogP contribution in [0.3, 0.4) is 0 Å². The zero-order valence-corrected chi connectivity index (χ0v) is 16.2. The molecular weight excluding hydrogens is 393 g/mol. The average molecular weight is 415 g/mol. The number of nitrogens with two attached hydrogens (primary N) is 1. The van der Waals surface area contributed by atoms with E-state index in [0.717, 1.165) is 6.42 Å². The zero-order valence-electron chi connectivity index (χ0n) is 16.2. The number of esters is 1. The Labute approximate surface area is 172 Å². The molecule has 2 N–H and O–H groups in total. The van der Waals surface area contributed by atoms with Crippen LogP contribution in [0.4, 0.5) is 4.39 Å². The van der Waals surface area contributed by atoms with Gasteiger partial charge in [0.25, 0.3) is 0 Å². The van der Waals surface area contributed by atoms with Crippen LogP contribution in [-0.2, 0) is 30.3 Å². The van der Waals surface area contributed by atoms with E-state index in [4.69, 9.17) is 20.1 Å².